The van der Waals surface area contributed by atoms with Crippen LogP contribution in [0.5, 0.6) is 0 Å². The van der Waals surface area contributed by atoms with E-state index in [2.05, 4.69) is 16.7 Å². The maximum absolute atomic E-state index is 13.4. The molecule has 0 radical (unpaired) electrons. The number of nitrogens with one attached hydrogen (secondary N) is 2. The van der Waals surface area contributed by atoms with Gasteiger partial charge in [0, 0.05) is 18.7 Å². The number of benzene rings is 1. The van der Waals surface area contributed by atoms with Crippen LogP contribution in [0.4, 0.5) is 4.39 Å². The Balaban J connectivity index is 1.69. The number of hydrogen-bond acceptors (Lipinski definition) is 2. The van der Waals surface area contributed by atoms with E-state index >= 15 is 0 Å². The highest BCUT2D eigenvalue weighted by atomic mass is 19.1. The predicted octanol–water partition coefficient (Wildman–Crippen LogP) is 2.45. The number of allylic oxidation sites excluding steroid dienone is 1. The minimum atomic E-state index is -0.735. The van der Waals surface area contributed by atoms with Crippen LogP contribution in [0.25, 0.3) is 0 Å². The number of rotatable bonds is 5. The molecular formula is C17H21FN2O2. The Bertz CT molecular complexity index is 570. The van der Waals surface area contributed by atoms with E-state index in [1.807, 2.05) is 0 Å². The molecule has 1 aromatic carbocycles. The maximum atomic E-state index is 13.4. The highest BCUT2D eigenvalue weighted by molar-refractivity contribution is 6.35. The molecule has 0 bridgehead atoms. The van der Waals surface area contributed by atoms with E-state index in [0.29, 0.717) is 12.1 Å². The van der Waals surface area contributed by atoms with Crippen LogP contribution in [0, 0.1) is 5.82 Å². The Morgan fingerprint density at radius 2 is 1.86 bits per heavy atom. The van der Waals surface area contributed by atoms with Crippen molar-refractivity contribution in [2.75, 3.05) is 6.54 Å². The summed E-state index contributed by atoms with van der Waals surface area (Å²) >= 11 is 0. The van der Waals surface area contributed by atoms with Crippen LogP contribution < -0.4 is 10.6 Å². The Morgan fingerprint density at radius 3 is 2.59 bits per heavy atom. The molecular weight excluding hydrogens is 283 g/mol. The molecule has 0 unspecified atom stereocenters. The van der Waals surface area contributed by atoms with Crippen molar-refractivity contribution < 1.29 is 14.0 Å². The third kappa shape index (κ3) is 4.98. The molecule has 5 heteroatoms. The molecule has 4 nitrogen and oxygen atoms in total. The van der Waals surface area contributed by atoms with Crippen molar-refractivity contribution in [1.29, 1.82) is 0 Å². The summed E-state index contributed by atoms with van der Waals surface area (Å²) in [5.74, 6) is -1.80. The van der Waals surface area contributed by atoms with Crippen LogP contribution in [-0.2, 0) is 16.1 Å². The van der Waals surface area contributed by atoms with Crippen molar-refractivity contribution in [2.45, 2.75) is 38.6 Å². The van der Waals surface area contributed by atoms with Gasteiger partial charge >= 0.3 is 11.8 Å². The fraction of sp³-hybridized carbons (Fsp3) is 0.412. The number of hydrogen-bond donors (Lipinski definition) is 2. The third-order valence-corrected chi connectivity index (χ3v) is 3.72. The zero-order valence-corrected chi connectivity index (χ0v) is 12.5. The monoisotopic (exact) mass is 304 g/mol. The summed E-state index contributed by atoms with van der Waals surface area (Å²) in [6.07, 6.45) is 7.61. The van der Waals surface area contributed by atoms with Crippen molar-refractivity contribution in [2.24, 2.45) is 0 Å². The minimum absolute atomic E-state index is 0.00405. The van der Waals surface area contributed by atoms with Crippen LogP contribution in [0.1, 0.15) is 37.7 Å². The average molecular weight is 304 g/mol. The minimum Gasteiger partial charge on any atom is -0.348 e. The van der Waals surface area contributed by atoms with E-state index < -0.39 is 17.6 Å². The van der Waals surface area contributed by atoms with Gasteiger partial charge in [-0.2, -0.15) is 0 Å². The van der Waals surface area contributed by atoms with Gasteiger partial charge in [-0.3, -0.25) is 9.59 Å². The molecule has 0 heterocycles. The van der Waals surface area contributed by atoms with E-state index in [9.17, 15) is 14.0 Å². The standard InChI is InChI=1S/C17H21FN2O2/c18-15-9-5-4-8-14(15)12-20-17(22)16(21)19-11-10-13-6-2-1-3-7-13/h4-6,8-9H,1-3,7,10-12H2,(H,19,21)(H,20,22). The zero-order chi connectivity index (χ0) is 15.8. The summed E-state index contributed by atoms with van der Waals surface area (Å²) in [6.45, 7) is 0.460. The first-order chi connectivity index (χ1) is 10.7. The lowest BCUT2D eigenvalue weighted by atomic mass is 9.97. The second kappa shape index (κ2) is 8.32. The van der Waals surface area contributed by atoms with Gasteiger partial charge in [-0.25, -0.2) is 4.39 Å². The number of carbonyl (C=O) groups is 2. The van der Waals surface area contributed by atoms with Gasteiger partial charge in [-0.15, -0.1) is 0 Å². The van der Waals surface area contributed by atoms with Gasteiger partial charge in [0.2, 0.25) is 0 Å². The summed E-state index contributed by atoms with van der Waals surface area (Å²) in [5, 5.41) is 5.02. The Morgan fingerprint density at radius 1 is 1.09 bits per heavy atom. The Kier molecular flexibility index (Phi) is 6.13. The predicted molar refractivity (Wildman–Crippen MR) is 82.4 cm³/mol. The molecule has 0 saturated carbocycles. The Labute approximate surface area is 129 Å². The van der Waals surface area contributed by atoms with Crippen molar-refractivity contribution in [3.05, 3.63) is 47.3 Å². The van der Waals surface area contributed by atoms with E-state index in [1.54, 1.807) is 18.2 Å². The molecule has 2 amide bonds. The number of amides is 2. The highest BCUT2D eigenvalue weighted by Crippen LogP contribution is 2.19. The second-order valence-electron chi connectivity index (χ2n) is 5.39. The van der Waals surface area contributed by atoms with Crippen molar-refractivity contribution in [1.82, 2.24) is 10.6 Å². The van der Waals surface area contributed by atoms with Gasteiger partial charge < -0.3 is 10.6 Å². The quantitative estimate of drug-likeness (QED) is 0.648. The van der Waals surface area contributed by atoms with Gasteiger partial charge in [-0.05, 0) is 38.2 Å². The second-order valence-corrected chi connectivity index (χ2v) is 5.39. The van der Waals surface area contributed by atoms with E-state index in [-0.39, 0.29) is 6.54 Å². The Hall–Kier alpha value is -2.17. The molecule has 1 aliphatic carbocycles. The van der Waals surface area contributed by atoms with E-state index in [1.165, 1.54) is 24.5 Å². The molecule has 0 aliphatic heterocycles. The van der Waals surface area contributed by atoms with E-state index in [4.69, 9.17) is 0 Å². The van der Waals surface area contributed by atoms with Crippen LogP contribution >= 0.6 is 0 Å². The number of carbonyl (C=O) groups excluding carboxylic acids is 2. The SMILES string of the molecule is O=C(NCCC1=CCCCC1)C(=O)NCc1ccccc1F. The summed E-state index contributed by atoms with van der Waals surface area (Å²) in [4.78, 5) is 23.3. The molecule has 0 atom stereocenters. The van der Waals surface area contributed by atoms with Crippen LogP contribution in [0.3, 0.4) is 0 Å². The molecule has 22 heavy (non-hydrogen) atoms. The average Bonchev–Trinajstić information content (AvgIpc) is 2.54. The molecule has 1 aliphatic rings. The third-order valence-electron chi connectivity index (χ3n) is 3.72. The normalized spacial score (nSPS) is 14.1. The summed E-state index contributed by atoms with van der Waals surface area (Å²) in [6, 6.07) is 6.15. The maximum Gasteiger partial charge on any atom is 0.309 e. The molecule has 0 aromatic heterocycles. The fourth-order valence-electron chi connectivity index (χ4n) is 2.45. The van der Waals surface area contributed by atoms with Crippen LogP contribution in [0.2, 0.25) is 0 Å². The molecule has 2 N–H and O–H groups in total. The molecule has 118 valence electrons. The molecule has 0 fully saturated rings. The topological polar surface area (TPSA) is 58.2 Å². The van der Waals surface area contributed by atoms with Crippen LogP contribution in [-0.4, -0.2) is 18.4 Å². The van der Waals surface area contributed by atoms with Gasteiger partial charge in [0.05, 0.1) is 0 Å². The molecule has 2 rings (SSSR count). The summed E-state index contributed by atoms with van der Waals surface area (Å²) in [5.41, 5.74) is 1.70. The van der Waals surface area contributed by atoms with Crippen LogP contribution in [0.15, 0.2) is 35.9 Å². The van der Waals surface area contributed by atoms with E-state index in [0.717, 1.165) is 19.3 Å². The smallest absolute Gasteiger partial charge is 0.309 e. The first-order valence-electron chi connectivity index (χ1n) is 7.64. The first-order valence-corrected chi connectivity index (χ1v) is 7.64. The molecule has 0 saturated heterocycles. The summed E-state index contributed by atoms with van der Waals surface area (Å²) in [7, 11) is 0. The van der Waals surface area contributed by atoms with Crippen molar-refractivity contribution in [3.8, 4) is 0 Å². The van der Waals surface area contributed by atoms with Crippen molar-refractivity contribution in [3.63, 3.8) is 0 Å². The lowest BCUT2D eigenvalue weighted by Crippen LogP contribution is -2.40. The lowest BCUT2D eigenvalue weighted by molar-refractivity contribution is -0.139. The van der Waals surface area contributed by atoms with Gasteiger partial charge in [0.1, 0.15) is 5.82 Å². The molecule has 0 spiro atoms. The van der Waals surface area contributed by atoms with Gasteiger partial charge in [0.25, 0.3) is 0 Å². The zero-order valence-electron chi connectivity index (χ0n) is 12.5. The highest BCUT2D eigenvalue weighted by Gasteiger charge is 2.13. The van der Waals surface area contributed by atoms with Gasteiger partial charge in [0.15, 0.2) is 0 Å². The molecule has 1 aromatic rings. The largest absolute Gasteiger partial charge is 0.348 e. The number of halogens is 1. The van der Waals surface area contributed by atoms with Gasteiger partial charge in [-0.1, -0.05) is 29.8 Å². The first kappa shape index (κ1) is 16.2. The lowest BCUT2D eigenvalue weighted by Gasteiger charge is -2.12. The van der Waals surface area contributed by atoms with Crippen molar-refractivity contribution >= 4 is 11.8 Å². The summed E-state index contributed by atoms with van der Waals surface area (Å²) < 4.78 is 13.4. The fourth-order valence-corrected chi connectivity index (χ4v) is 2.45.